The van der Waals surface area contributed by atoms with Crippen LogP contribution in [0.3, 0.4) is 0 Å². The van der Waals surface area contributed by atoms with Gasteiger partial charge in [0.2, 0.25) is 0 Å². The van der Waals surface area contributed by atoms with Gasteiger partial charge in [0.1, 0.15) is 5.75 Å². The van der Waals surface area contributed by atoms with E-state index in [-0.39, 0.29) is 0 Å². The molecule has 0 aliphatic carbocycles. The molecule has 0 unspecified atom stereocenters. The van der Waals surface area contributed by atoms with Crippen LogP contribution in [0, 0.1) is 0 Å². The summed E-state index contributed by atoms with van der Waals surface area (Å²) < 4.78 is 21.2. The number of benzene rings is 2. The largest absolute Gasteiger partial charge is 0.497 e. The molecule has 3 rings (SSSR count). The molecule has 5 heteroatoms. The summed E-state index contributed by atoms with van der Waals surface area (Å²) in [5.74, 6) is 1.99. The third kappa shape index (κ3) is 4.08. The minimum absolute atomic E-state index is 0.626. The van der Waals surface area contributed by atoms with Crippen LogP contribution in [0.1, 0.15) is 25.3 Å². The highest BCUT2D eigenvalue weighted by Gasteiger charge is 2.20. The van der Waals surface area contributed by atoms with Gasteiger partial charge in [0, 0.05) is 17.0 Å². The van der Waals surface area contributed by atoms with Crippen LogP contribution in [0.2, 0.25) is 0 Å². The van der Waals surface area contributed by atoms with Crippen molar-refractivity contribution < 1.29 is 14.2 Å². The highest BCUT2D eigenvalue weighted by Crippen LogP contribution is 2.44. The molecule has 1 heterocycles. The summed E-state index contributed by atoms with van der Waals surface area (Å²) in [6.07, 6.45) is 3.54. The average Bonchev–Trinajstić information content (AvgIpc) is 3.21. The number of ether oxygens (including phenoxy) is 3. The number of nitrogens with zero attached hydrogens (tertiary/aromatic N) is 1. The SMILES string of the molecule is CCCCc1ccc(-c2csnc2-c2cc(OC)cc(OC)c2OC)cc1. The van der Waals surface area contributed by atoms with Gasteiger partial charge in [-0.05, 0) is 41.6 Å². The van der Waals surface area contributed by atoms with E-state index in [9.17, 15) is 0 Å². The zero-order chi connectivity index (χ0) is 19.2. The van der Waals surface area contributed by atoms with Gasteiger partial charge in [-0.3, -0.25) is 0 Å². The lowest BCUT2D eigenvalue weighted by atomic mass is 9.98. The molecule has 0 radical (unpaired) electrons. The number of hydrogen-bond donors (Lipinski definition) is 0. The Labute approximate surface area is 164 Å². The van der Waals surface area contributed by atoms with E-state index in [1.807, 2.05) is 12.1 Å². The molecule has 0 N–H and O–H groups in total. The standard InChI is InChI=1S/C22H25NO3S/c1-5-6-7-15-8-10-16(11-9-15)19-14-27-23-21(19)18-12-17(24-2)13-20(25-3)22(18)26-4/h8-14H,5-7H2,1-4H3. The minimum Gasteiger partial charge on any atom is -0.497 e. The Balaban J connectivity index is 2.05. The van der Waals surface area contributed by atoms with Crippen LogP contribution in [0.5, 0.6) is 17.2 Å². The summed E-state index contributed by atoms with van der Waals surface area (Å²) in [6.45, 7) is 2.22. The molecule has 0 saturated carbocycles. The van der Waals surface area contributed by atoms with Gasteiger partial charge in [0.25, 0.3) is 0 Å². The van der Waals surface area contributed by atoms with Gasteiger partial charge in [-0.2, -0.15) is 4.37 Å². The first-order valence-electron chi connectivity index (χ1n) is 9.05. The zero-order valence-electron chi connectivity index (χ0n) is 16.2. The van der Waals surface area contributed by atoms with Crippen molar-refractivity contribution in [3.8, 4) is 39.6 Å². The molecule has 0 bridgehead atoms. The second-order valence-electron chi connectivity index (χ2n) is 6.29. The quantitative estimate of drug-likeness (QED) is 0.489. The predicted molar refractivity (Wildman–Crippen MR) is 111 cm³/mol. The summed E-state index contributed by atoms with van der Waals surface area (Å²) in [7, 11) is 4.91. The molecule has 1 aromatic heterocycles. The van der Waals surface area contributed by atoms with Crippen molar-refractivity contribution in [2.75, 3.05) is 21.3 Å². The molecular formula is C22H25NO3S. The van der Waals surface area contributed by atoms with Gasteiger partial charge in [0.05, 0.1) is 32.6 Å². The van der Waals surface area contributed by atoms with E-state index in [1.54, 1.807) is 21.3 Å². The number of methoxy groups -OCH3 is 3. The lowest BCUT2D eigenvalue weighted by Crippen LogP contribution is -1.96. The maximum atomic E-state index is 5.63. The molecule has 2 aromatic carbocycles. The van der Waals surface area contributed by atoms with Crippen LogP contribution in [0.4, 0.5) is 0 Å². The van der Waals surface area contributed by atoms with Crippen molar-refractivity contribution in [1.82, 2.24) is 4.37 Å². The lowest BCUT2D eigenvalue weighted by molar-refractivity contribution is 0.350. The molecule has 0 aliphatic heterocycles. The third-order valence-corrected chi connectivity index (χ3v) is 5.23. The molecule has 0 fully saturated rings. The molecule has 0 saturated heterocycles. The second kappa shape index (κ2) is 8.91. The molecule has 4 nitrogen and oxygen atoms in total. The summed E-state index contributed by atoms with van der Waals surface area (Å²) in [5.41, 5.74) is 5.32. The Morgan fingerprint density at radius 3 is 2.33 bits per heavy atom. The molecule has 0 aliphatic rings. The first-order valence-corrected chi connectivity index (χ1v) is 9.89. The van der Waals surface area contributed by atoms with Crippen LogP contribution in [0.15, 0.2) is 41.8 Å². The van der Waals surface area contributed by atoms with Gasteiger partial charge >= 0.3 is 0 Å². The number of unbranched alkanes of at least 4 members (excludes halogenated alkanes) is 1. The number of aromatic nitrogens is 1. The Kier molecular flexibility index (Phi) is 6.35. The normalized spacial score (nSPS) is 10.7. The second-order valence-corrected chi connectivity index (χ2v) is 6.92. The molecule has 3 aromatic rings. The topological polar surface area (TPSA) is 40.6 Å². The molecule has 0 amide bonds. The first-order chi connectivity index (χ1) is 13.2. The molecule has 142 valence electrons. The molecule has 27 heavy (non-hydrogen) atoms. The Morgan fingerprint density at radius 2 is 1.70 bits per heavy atom. The predicted octanol–water partition coefficient (Wildman–Crippen LogP) is 5.85. The fraction of sp³-hybridized carbons (Fsp3) is 0.318. The van der Waals surface area contributed by atoms with E-state index >= 15 is 0 Å². The van der Waals surface area contributed by atoms with Crippen molar-refractivity contribution in [1.29, 1.82) is 0 Å². The van der Waals surface area contributed by atoms with E-state index in [0.29, 0.717) is 17.2 Å². The Hall–Kier alpha value is -2.53. The van der Waals surface area contributed by atoms with E-state index in [2.05, 4.69) is 40.9 Å². The average molecular weight is 384 g/mol. The van der Waals surface area contributed by atoms with E-state index < -0.39 is 0 Å². The smallest absolute Gasteiger partial charge is 0.170 e. The third-order valence-electron chi connectivity index (χ3n) is 4.60. The van der Waals surface area contributed by atoms with Crippen LogP contribution in [0.25, 0.3) is 22.4 Å². The highest BCUT2D eigenvalue weighted by molar-refractivity contribution is 7.04. The monoisotopic (exact) mass is 383 g/mol. The summed E-state index contributed by atoms with van der Waals surface area (Å²) in [6, 6.07) is 12.5. The van der Waals surface area contributed by atoms with Crippen molar-refractivity contribution in [2.45, 2.75) is 26.2 Å². The number of aryl methyl sites for hydroxylation is 1. The Bertz CT molecular complexity index is 887. The zero-order valence-corrected chi connectivity index (χ0v) is 17.1. The Morgan fingerprint density at radius 1 is 0.926 bits per heavy atom. The van der Waals surface area contributed by atoms with E-state index in [1.165, 1.54) is 29.9 Å². The lowest BCUT2D eigenvalue weighted by Gasteiger charge is -2.14. The number of hydrogen-bond acceptors (Lipinski definition) is 5. The summed E-state index contributed by atoms with van der Waals surface area (Å²) >= 11 is 1.43. The van der Waals surface area contributed by atoms with Crippen LogP contribution < -0.4 is 14.2 Å². The highest BCUT2D eigenvalue weighted by atomic mass is 32.1. The van der Waals surface area contributed by atoms with Crippen molar-refractivity contribution in [2.24, 2.45) is 0 Å². The molecule has 0 spiro atoms. The van der Waals surface area contributed by atoms with Gasteiger partial charge in [-0.1, -0.05) is 37.6 Å². The van der Waals surface area contributed by atoms with Crippen molar-refractivity contribution in [3.63, 3.8) is 0 Å². The first kappa shape index (κ1) is 19.2. The van der Waals surface area contributed by atoms with Crippen molar-refractivity contribution in [3.05, 3.63) is 47.3 Å². The van der Waals surface area contributed by atoms with Gasteiger partial charge in [-0.15, -0.1) is 0 Å². The fourth-order valence-corrected chi connectivity index (χ4v) is 3.81. The summed E-state index contributed by atoms with van der Waals surface area (Å²) in [5, 5.41) is 2.07. The number of rotatable bonds is 8. The molecular weight excluding hydrogens is 358 g/mol. The van der Waals surface area contributed by atoms with Crippen molar-refractivity contribution >= 4 is 11.5 Å². The van der Waals surface area contributed by atoms with Gasteiger partial charge in [-0.25, -0.2) is 0 Å². The summed E-state index contributed by atoms with van der Waals surface area (Å²) in [4.78, 5) is 0. The van der Waals surface area contributed by atoms with Crippen LogP contribution in [-0.4, -0.2) is 25.7 Å². The van der Waals surface area contributed by atoms with E-state index in [4.69, 9.17) is 14.2 Å². The van der Waals surface area contributed by atoms with Crippen LogP contribution >= 0.6 is 11.5 Å². The van der Waals surface area contributed by atoms with Gasteiger partial charge < -0.3 is 14.2 Å². The van der Waals surface area contributed by atoms with Gasteiger partial charge in [0.15, 0.2) is 11.5 Å². The van der Waals surface area contributed by atoms with Crippen LogP contribution in [-0.2, 0) is 6.42 Å². The molecule has 0 atom stereocenters. The minimum atomic E-state index is 0.626. The maximum Gasteiger partial charge on any atom is 0.170 e. The maximum absolute atomic E-state index is 5.63. The fourth-order valence-electron chi connectivity index (χ4n) is 3.10. The van der Waals surface area contributed by atoms with E-state index in [0.717, 1.165) is 28.8 Å².